The summed E-state index contributed by atoms with van der Waals surface area (Å²) >= 11 is 0. The molecule has 0 saturated carbocycles. The molecule has 0 amide bonds. The summed E-state index contributed by atoms with van der Waals surface area (Å²) in [7, 11) is 0. The third-order valence-corrected chi connectivity index (χ3v) is 7.54. The Kier molecular flexibility index (Phi) is 6.66. The molecule has 0 spiro atoms. The van der Waals surface area contributed by atoms with Crippen LogP contribution in [0.4, 0.5) is 10.1 Å². The number of allylic oxidation sites excluding steroid dienone is 1. The highest BCUT2D eigenvalue weighted by atomic mass is 19.1. The van der Waals surface area contributed by atoms with Gasteiger partial charge in [0, 0.05) is 25.3 Å². The predicted octanol–water partition coefficient (Wildman–Crippen LogP) is 6.52. The topological polar surface area (TPSA) is 64.5 Å². The lowest BCUT2D eigenvalue weighted by atomic mass is 9.87. The van der Waals surface area contributed by atoms with Gasteiger partial charge in [-0.3, -0.25) is 9.29 Å². The zero-order chi connectivity index (χ0) is 25.2. The smallest absolute Gasteiger partial charge is 0.181 e. The van der Waals surface area contributed by atoms with E-state index in [2.05, 4.69) is 58.4 Å². The number of nitrogen functional groups attached to an aromatic ring is 1. The zero-order valence-corrected chi connectivity index (χ0v) is 21.0. The fourth-order valence-electron chi connectivity index (χ4n) is 5.74. The number of likely N-dealkylation sites (tertiary alicyclic amines) is 1. The van der Waals surface area contributed by atoms with Crippen molar-refractivity contribution in [3.05, 3.63) is 89.3 Å². The van der Waals surface area contributed by atoms with Crippen LogP contribution in [0.3, 0.4) is 0 Å². The van der Waals surface area contributed by atoms with Gasteiger partial charge in [0.2, 0.25) is 0 Å². The maximum atomic E-state index is 12.5. The van der Waals surface area contributed by atoms with Crippen molar-refractivity contribution in [1.29, 1.82) is 0 Å². The minimum absolute atomic E-state index is 0.149. The summed E-state index contributed by atoms with van der Waals surface area (Å²) in [5.74, 6) is 0.874. The Hall–Kier alpha value is -3.64. The average molecular weight is 498 g/mol. The van der Waals surface area contributed by atoms with E-state index in [1.807, 2.05) is 12.1 Å². The molecule has 37 heavy (non-hydrogen) atoms. The van der Waals surface area contributed by atoms with Crippen LogP contribution in [0, 0.1) is 0 Å². The van der Waals surface area contributed by atoms with Gasteiger partial charge in [0.15, 0.2) is 12.0 Å². The third kappa shape index (κ3) is 4.98. The lowest BCUT2D eigenvalue weighted by molar-refractivity contribution is 0.198. The Morgan fingerprint density at radius 2 is 1.89 bits per heavy atom. The van der Waals surface area contributed by atoms with Gasteiger partial charge in [-0.1, -0.05) is 24.3 Å². The summed E-state index contributed by atoms with van der Waals surface area (Å²) in [6.45, 7) is 2.37. The number of rotatable bonds is 7. The van der Waals surface area contributed by atoms with Crippen molar-refractivity contribution < 1.29 is 13.5 Å². The van der Waals surface area contributed by atoms with E-state index in [-0.39, 0.29) is 12.8 Å². The number of ether oxygens (including phenoxy) is 1. The molecule has 4 aromatic rings. The molecule has 1 fully saturated rings. The molecule has 2 heterocycles. The number of halogens is 1. The molecule has 2 N–H and O–H groups in total. The Morgan fingerprint density at radius 3 is 2.76 bits per heavy atom. The summed E-state index contributed by atoms with van der Waals surface area (Å²) < 4.78 is 24.3. The van der Waals surface area contributed by atoms with Crippen LogP contribution in [0.15, 0.2) is 71.5 Å². The highest BCUT2D eigenvalue weighted by molar-refractivity contribution is 6.01. The summed E-state index contributed by atoms with van der Waals surface area (Å²) in [4.78, 5) is 6.68. The van der Waals surface area contributed by atoms with Crippen LogP contribution >= 0.6 is 0 Å². The molecule has 0 radical (unpaired) electrons. The molecule has 6 rings (SSSR count). The van der Waals surface area contributed by atoms with Crippen molar-refractivity contribution in [2.24, 2.45) is 0 Å². The molecule has 1 aromatic heterocycles. The van der Waals surface area contributed by atoms with Crippen LogP contribution < -0.4 is 10.5 Å². The normalized spacial score (nSPS) is 18.2. The van der Waals surface area contributed by atoms with Gasteiger partial charge >= 0.3 is 0 Å². The first kappa shape index (κ1) is 23.7. The first-order valence-electron chi connectivity index (χ1n) is 13.2. The van der Waals surface area contributed by atoms with Gasteiger partial charge in [-0.2, -0.15) is 0 Å². The quantitative estimate of drug-likeness (QED) is 0.295. The van der Waals surface area contributed by atoms with Crippen LogP contribution in [0.1, 0.15) is 47.9 Å². The zero-order valence-electron chi connectivity index (χ0n) is 21.0. The van der Waals surface area contributed by atoms with E-state index in [0.717, 1.165) is 73.4 Å². The molecule has 2 aliphatic rings. The summed E-state index contributed by atoms with van der Waals surface area (Å²) in [5, 5.41) is 0. The molecule has 0 unspecified atom stereocenters. The van der Waals surface area contributed by atoms with Crippen LogP contribution in [0.2, 0.25) is 0 Å². The minimum Gasteiger partial charge on any atom is -0.489 e. The number of nitrogens with two attached hydrogens (primary N) is 1. The van der Waals surface area contributed by atoms with Crippen LogP contribution in [0.5, 0.6) is 5.75 Å². The SMILES string of the molecule is Nc1ccc2c(c1)CCCC(c1ccc3ocnc3c1)=C2c1ccc(O[C@H]2CCN(CCCF)C2)cc1. The molecule has 5 nitrogen and oxygen atoms in total. The standard InChI is InChI=1S/C31H32FN3O2/c32-14-2-15-35-16-13-26(19-35)37-25-9-5-21(6-10-25)31-27(23-7-12-30-29(18-23)34-20-36-30)4-1-3-22-17-24(33)8-11-28(22)31/h5-12,17-18,20,26H,1-4,13-16,19,33H2/t26-/m0/s1. The van der Waals surface area contributed by atoms with Gasteiger partial charge < -0.3 is 14.9 Å². The predicted molar refractivity (Wildman–Crippen MR) is 146 cm³/mol. The van der Waals surface area contributed by atoms with Gasteiger partial charge in [0.1, 0.15) is 17.4 Å². The number of alkyl halides is 1. The van der Waals surface area contributed by atoms with E-state index in [1.165, 1.54) is 34.2 Å². The van der Waals surface area contributed by atoms with Crippen LogP contribution in [0.25, 0.3) is 22.2 Å². The molecule has 1 aliphatic carbocycles. The molecule has 190 valence electrons. The fraction of sp³-hybridized carbons (Fsp3) is 0.323. The largest absolute Gasteiger partial charge is 0.489 e. The molecular weight excluding hydrogens is 465 g/mol. The number of oxazole rings is 1. The monoisotopic (exact) mass is 497 g/mol. The number of hydrogen-bond acceptors (Lipinski definition) is 5. The highest BCUT2D eigenvalue weighted by Crippen LogP contribution is 2.41. The minimum atomic E-state index is -0.260. The van der Waals surface area contributed by atoms with Gasteiger partial charge in [0.05, 0.1) is 6.67 Å². The highest BCUT2D eigenvalue weighted by Gasteiger charge is 2.24. The average Bonchev–Trinajstić information content (AvgIpc) is 3.53. The molecular formula is C31H32FN3O2. The number of aromatic nitrogens is 1. The van der Waals surface area contributed by atoms with Gasteiger partial charge in [-0.15, -0.1) is 0 Å². The summed E-state index contributed by atoms with van der Waals surface area (Å²) in [6.07, 6.45) is 6.21. The number of aryl methyl sites for hydroxylation is 1. The first-order chi connectivity index (χ1) is 18.2. The Bertz CT molecular complexity index is 1430. The first-order valence-corrected chi connectivity index (χ1v) is 13.2. The number of fused-ring (bicyclic) bond motifs is 2. The Labute approximate surface area is 216 Å². The molecule has 1 aliphatic heterocycles. The van der Waals surface area contributed by atoms with E-state index in [0.29, 0.717) is 6.42 Å². The maximum Gasteiger partial charge on any atom is 0.181 e. The van der Waals surface area contributed by atoms with E-state index in [9.17, 15) is 4.39 Å². The number of anilines is 1. The van der Waals surface area contributed by atoms with Gasteiger partial charge in [-0.05, 0) is 102 Å². The number of benzene rings is 3. The molecule has 1 atom stereocenters. The Balaban J connectivity index is 1.35. The second-order valence-corrected chi connectivity index (χ2v) is 10.1. The molecule has 6 heteroatoms. The van der Waals surface area contributed by atoms with E-state index >= 15 is 0 Å². The van der Waals surface area contributed by atoms with Crippen molar-refractivity contribution in [2.75, 3.05) is 32.0 Å². The lowest BCUT2D eigenvalue weighted by Gasteiger charge is -2.19. The van der Waals surface area contributed by atoms with Crippen molar-refractivity contribution in [3.8, 4) is 5.75 Å². The second kappa shape index (κ2) is 10.4. The van der Waals surface area contributed by atoms with Crippen LogP contribution in [-0.2, 0) is 6.42 Å². The molecule has 0 bridgehead atoms. The molecule has 3 aromatic carbocycles. The second-order valence-electron chi connectivity index (χ2n) is 10.1. The van der Waals surface area contributed by atoms with Crippen molar-refractivity contribution >= 4 is 27.9 Å². The Morgan fingerprint density at radius 1 is 1.03 bits per heavy atom. The van der Waals surface area contributed by atoms with Gasteiger partial charge in [0.25, 0.3) is 0 Å². The molecule has 1 saturated heterocycles. The summed E-state index contributed by atoms with van der Waals surface area (Å²) in [5.41, 5.74) is 16.0. The van der Waals surface area contributed by atoms with Crippen LogP contribution in [-0.4, -0.2) is 42.3 Å². The van der Waals surface area contributed by atoms with E-state index in [4.69, 9.17) is 14.9 Å². The lowest BCUT2D eigenvalue weighted by Crippen LogP contribution is -2.26. The number of hydrogen-bond donors (Lipinski definition) is 1. The van der Waals surface area contributed by atoms with Crippen molar-refractivity contribution in [1.82, 2.24) is 9.88 Å². The number of nitrogens with zero attached hydrogens (tertiary/aromatic N) is 2. The van der Waals surface area contributed by atoms with Crippen molar-refractivity contribution in [2.45, 2.75) is 38.2 Å². The third-order valence-electron chi connectivity index (χ3n) is 7.54. The summed E-state index contributed by atoms with van der Waals surface area (Å²) in [6, 6.07) is 21.0. The maximum absolute atomic E-state index is 12.5. The van der Waals surface area contributed by atoms with Crippen molar-refractivity contribution in [3.63, 3.8) is 0 Å². The van der Waals surface area contributed by atoms with E-state index < -0.39 is 0 Å². The van der Waals surface area contributed by atoms with E-state index in [1.54, 1.807) is 0 Å². The van der Waals surface area contributed by atoms with Gasteiger partial charge in [-0.25, -0.2) is 4.98 Å². The fourth-order valence-corrected chi connectivity index (χ4v) is 5.74.